The Bertz CT molecular complexity index is 256. The van der Waals surface area contributed by atoms with Crippen LogP contribution in [-0.2, 0) is 4.79 Å². The number of hydrogen-bond donors (Lipinski definition) is 2. The third kappa shape index (κ3) is 11.1. The molecule has 0 rings (SSSR count). The molecule has 1 unspecified atom stereocenters. The van der Waals surface area contributed by atoms with Crippen LogP contribution in [0.1, 0.15) is 104 Å². The minimum Gasteiger partial charge on any atom is -0.480 e. The highest BCUT2D eigenvalue weighted by Gasteiger charge is 2.31. The molecule has 0 amide bonds. The van der Waals surface area contributed by atoms with E-state index in [0.29, 0.717) is 12.8 Å². The van der Waals surface area contributed by atoms with Crippen molar-refractivity contribution in [3.05, 3.63) is 0 Å². The van der Waals surface area contributed by atoms with Gasteiger partial charge in [-0.25, -0.2) is 0 Å². The van der Waals surface area contributed by atoms with Gasteiger partial charge in [0, 0.05) is 0 Å². The van der Waals surface area contributed by atoms with Crippen molar-refractivity contribution in [3.63, 3.8) is 0 Å². The van der Waals surface area contributed by atoms with Crippen molar-refractivity contribution in [1.29, 1.82) is 0 Å². The highest BCUT2D eigenvalue weighted by Crippen LogP contribution is 2.27. The molecule has 0 fully saturated rings. The van der Waals surface area contributed by atoms with E-state index in [2.05, 4.69) is 19.6 Å². The topological polar surface area (TPSA) is 37.3 Å². The first-order valence-corrected chi connectivity index (χ1v) is 9.47. The Hall–Kier alpha value is -0.180. The summed E-state index contributed by atoms with van der Waals surface area (Å²) in [5, 5.41) is 9.13. The van der Waals surface area contributed by atoms with Gasteiger partial charge in [0.05, 0.1) is 0 Å². The Morgan fingerprint density at radius 3 is 1.52 bits per heavy atom. The van der Waals surface area contributed by atoms with Gasteiger partial charge in [-0.15, -0.1) is 0 Å². The van der Waals surface area contributed by atoms with Crippen LogP contribution in [0, 0.1) is 0 Å². The lowest BCUT2D eigenvalue weighted by Crippen LogP contribution is -2.31. The van der Waals surface area contributed by atoms with Crippen molar-refractivity contribution in [3.8, 4) is 0 Å². The molecule has 0 heterocycles. The Morgan fingerprint density at radius 1 is 0.810 bits per heavy atom. The first kappa shape index (κ1) is 20.8. The van der Waals surface area contributed by atoms with Gasteiger partial charge in [-0.1, -0.05) is 90.9 Å². The van der Waals surface area contributed by atoms with E-state index < -0.39 is 10.7 Å². The number of carboxylic acids is 1. The Kier molecular flexibility index (Phi) is 13.4. The fourth-order valence-corrected chi connectivity index (χ4v) is 2.85. The molecule has 1 atom stereocenters. The number of carboxylic acid groups (broad SMARTS) is 1. The van der Waals surface area contributed by atoms with Crippen LogP contribution in [0.2, 0.25) is 0 Å². The first-order valence-electron chi connectivity index (χ1n) is 9.02. The SMILES string of the molecule is CCCCCCCCCCCCCCC(S)(CC)C(=O)O. The standard InChI is InChI=1S/C18H36O2S/c1-3-5-6-7-8-9-10-11-12-13-14-15-16-18(21,4-2)17(19)20/h21H,3-16H2,1-2H3,(H,19,20). The van der Waals surface area contributed by atoms with Gasteiger partial charge >= 0.3 is 5.97 Å². The van der Waals surface area contributed by atoms with E-state index in [0.717, 1.165) is 12.8 Å². The highest BCUT2D eigenvalue weighted by molar-refractivity contribution is 7.82. The zero-order valence-electron chi connectivity index (χ0n) is 14.2. The lowest BCUT2D eigenvalue weighted by atomic mass is 9.96. The average molecular weight is 317 g/mol. The Labute approximate surface area is 137 Å². The molecule has 0 bridgehead atoms. The molecular weight excluding hydrogens is 280 g/mol. The Morgan fingerprint density at radius 2 is 1.19 bits per heavy atom. The molecule has 0 aliphatic heterocycles. The average Bonchev–Trinajstić information content (AvgIpc) is 2.47. The van der Waals surface area contributed by atoms with E-state index in [1.807, 2.05) is 6.92 Å². The molecule has 0 radical (unpaired) electrons. The normalized spacial score (nSPS) is 14.0. The third-order valence-electron chi connectivity index (χ3n) is 4.43. The molecule has 0 aromatic carbocycles. The second-order valence-electron chi connectivity index (χ2n) is 6.33. The second kappa shape index (κ2) is 13.5. The number of aliphatic carboxylic acids is 1. The zero-order valence-corrected chi connectivity index (χ0v) is 15.1. The maximum absolute atomic E-state index is 11.1. The van der Waals surface area contributed by atoms with E-state index in [9.17, 15) is 4.79 Å². The minimum atomic E-state index is -0.807. The quantitative estimate of drug-likeness (QED) is 0.277. The molecule has 126 valence electrons. The summed E-state index contributed by atoms with van der Waals surface area (Å²) in [5.41, 5.74) is 0. The van der Waals surface area contributed by atoms with Crippen molar-refractivity contribution in [2.45, 2.75) is 108 Å². The van der Waals surface area contributed by atoms with Crippen molar-refractivity contribution in [1.82, 2.24) is 0 Å². The monoisotopic (exact) mass is 316 g/mol. The largest absolute Gasteiger partial charge is 0.480 e. The van der Waals surface area contributed by atoms with E-state index in [4.69, 9.17) is 5.11 Å². The van der Waals surface area contributed by atoms with E-state index >= 15 is 0 Å². The van der Waals surface area contributed by atoms with Crippen LogP contribution < -0.4 is 0 Å². The van der Waals surface area contributed by atoms with E-state index in [1.165, 1.54) is 64.2 Å². The number of thiol groups is 1. The summed E-state index contributed by atoms with van der Waals surface area (Å²) in [6.07, 6.45) is 17.0. The summed E-state index contributed by atoms with van der Waals surface area (Å²) in [7, 11) is 0. The fourth-order valence-electron chi connectivity index (χ4n) is 2.69. The van der Waals surface area contributed by atoms with Crippen LogP contribution in [0.25, 0.3) is 0 Å². The lowest BCUT2D eigenvalue weighted by Gasteiger charge is -2.21. The molecule has 2 nitrogen and oxygen atoms in total. The van der Waals surface area contributed by atoms with Gasteiger partial charge in [0.1, 0.15) is 4.75 Å². The minimum absolute atomic E-state index is 0.601. The molecule has 0 aliphatic carbocycles. The maximum Gasteiger partial charge on any atom is 0.319 e. The predicted octanol–water partition coefficient (Wildman–Crippen LogP) is 6.24. The molecule has 0 aromatic heterocycles. The molecule has 3 heteroatoms. The van der Waals surface area contributed by atoms with Gasteiger partial charge in [-0.3, -0.25) is 4.79 Å². The van der Waals surface area contributed by atoms with Crippen LogP contribution in [0.15, 0.2) is 0 Å². The summed E-state index contributed by atoms with van der Waals surface area (Å²) in [6.45, 7) is 4.16. The number of unbranched alkanes of at least 4 members (excludes halogenated alkanes) is 11. The summed E-state index contributed by atoms with van der Waals surface area (Å²) in [5.74, 6) is -0.767. The van der Waals surface area contributed by atoms with Crippen LogP contribution in [0.5, 0.6) is 0 Å². The summed E-state index contributed by atoms with van der Waals surface area (Å²) < 4.78 is -0.807. The summed E-state index contributed by atoms with van der Waals surface area (Å²) >= 11 is 4.32. The van der Waals surface area contributed by atoms with Crippen molar-refractivity contribution in [2.75, 3.05) is 0 Å². The third-order valence-corrected chi connectivity index (χ3v) is 5.16. The van der Waals surface area contributed by atoms with Crippen LogP contribution in [0.3, 0.4) is 0 Å². The highest BCUT2D eigenvalue weighted by atomic mass is 32.1. The van der Waals surface area contributed by atoms with Crippen molar-refractivity contribution >= 4 is 18.6 Å². The molecular formula is C18H36O2S. The van der Waals surface area contributed by atoms with Crippen molar-refractivity contribution < 1.29 is 9.90 Å². The molecule has 0 aromatic rings. The van der Waals surface area contributed by atoms with E-state index in [-0.39, 0.29) is 0 Å². The van der Waals surface area contributed by atoms with Crippen molar-refractivity contribution in [2.24, 2.45) is 0 Å². The zero-order chi connectivity index (χ0) is 16.0. The number of hydrogen-bond acceptors (Lipinski definition) is 2. The maximum atomic E-state index is 11.1. The van der Waals surface area contributed by atoms with Crippen LogP contribution in [0.4, 0.5) is 0 Å². The lowest BCUT2D eigenvalue weighted by molar-refractivity contribution is -0.140. The molecule has 0 saturated heterocycles. The Balaban J connectivity index is 3.31. The molecule has 0 aliphatic rings. The number of carbonyl (C=O) groups is 1. The molecule has 21 heavy (non-hydrogen) atoms. The van der Waals surface area contributed by atoms with Gasteiger partial charge < -0.3 is 5.11 Å². The van der Waals surface area contributed by atoms with E-state index in [1.54, 1.807) is 0 Å². The van der Waals surface area contributed by atoms with Gasteiger partial charge in [-0.05, 0) is 12.8 Å². The summed E-state index contributed by atoms with van der Waals surface area (Å²) in [4.78, 5) is 11.1. The predicted molar refractivity (Wildman–Crippen MR) is 95.3 cm³/mol. The second-order valence-corrected chi connectivity index (χ2v) is 7.19. The molecule has 0 spiro atoms. The van der Waals surface area contributed by atoms with Gasteiger partial charge in [0.25, 0.3) is 0 Å². The van der Waals surface area contributed by atoms with Crippen LogP contribution in [-0.4, -0.2) is 15.8 Å². The van der Waals surface area contributed by atoms with Gasteiger partial charge in [0.15, 0.2) is 0 Å². The smallest absolute Gasteiger partial charge is 0.319 e. The van der Waals surface area contributed by atoms with Gasteiger partial charge in [0.2, 0.25) is 0 Å². The van der Waals surface area contributed by atoms with Gasteiger partial charge in [-0.2, -0.15) is 12.6 Å². The first-order chi connectivity index (χ1) is 10.1. The van der Waals surface area contributed by atoms with Crippen LogP contribution >= 0.6 is 12.6 Å². The molecule has 1 N–H and O–H groups in total. The number of rotatable bonds is 15. The fraction of sp³-hybridized carbons (Fsp3) is 0.944. The molecule has 0 saturated carbocycles. The summed E-state index contributed by atoms with van der Waals surface area (Å²) in [6, 6.07) is 0.